The van der Waals surface area contributed by atoms with E-state index in [1.54, 1.807) is 19.2 Å². The van der Waals surface area contributed by atoms with Gasteiger partial charge in [-0.05, 0) is 74.6 Å². The quantitative estimate of drug-likeness (QED) is 0.280. The lowest BCUT2D eigenvalue weighted by atomic mass is 9.82. The molecule has 5 rings (SSSR count). The molecule has 0 radical (unpaired) electrons. The van der Waals surface area contributed by atoms with Gasteiger partial charge in [0.25, 0.3) is 0 Å². The van der Waals surface area contributed by atoms with E-state index in [1.165, 1.54) is 12.5 Å². The zero-order valence-corrected chi connectivity index (χ0v) is 24.8. The summed E-state index contributed by atoms with van der Waals surface area (Å²) in [5.74, 6) is -0.0489. The molecule has 2 fully saturated rings. The number of guanidine groups is 1. The Hall–Kier alpha value is -3.72. The van der Waals surface area contributed by atoms with Crippen LogP contribution in [0.2, 0.25) is 0 Å². The van der Waals surface area contributed by atoms with Crippen LogP contribution in [0.15, 0.2) is 47.5 Å². The molecule has 1 aliphatic carbocycles. The van der Waals surface area contributed by atoms with Crippen molar-refractivity contribution in [2.45, 2.75) is 76.5 Å². The second-order valence-corrected chi connectivity index (χ2v) is 11.9. The highest BCUT2D eigenvalue weighted by molar-refractivity contribution is 5.95. The lowest BCUT2D eigenvalue weighted by molar-refractivity contribution is -0.144. The van der Waals surface area contributed by atoms with Gasteiger partial charge in [-0.2, -0.15) is 0 Å². The summed E-state index contributed by atoms with van der Waals surface area (Å²) < 4.78 is 5.58. The van der Waals surface area contributed by atoms with Crippen molar-refractivity contribution in [2.75, 3.05) is 31.6 Å². The summed E-state index contributed by atoms with van der Waals surface area (Å²) in [4.78, 5) is 48.5. The third kappa shape index (κ3) is 6.51. The van der Waals surface area contributed by atoms with Crippen LogP contribution in [0, 0.1) is 5.92 Å². The largest absolute Gasteiger partial charge is 0.381 e. The van der Waals surface area contributed by atoms with Gasteiger partial charge < -0.3 is 26.0 Å². The average Bonchev–Trinajstić information content (AvgIpc) is 3.00. The molecule has 9 heteroatoms. The Morgan fingerprint density at radius 1 is 0.929 bits per heavy atom. The molecule has 3 aliphatic rings. The Balaban J connectivity index is 1.42. The summed E-state index contributed by atoms with van der Waals surface area (Å²) in [6.45, 7) is 3.84. The maximum atomic E-state index is 14.2. The molecule has 224 valence electrons. The summed E-state index contributed by atoms with van der Waals surface area (Å²) >= 11 is 0. The molecule has 0 bridgehead atoms. The summed E-state index contributed by atoms with van der Waals surface area (Å²) in [6.07, 6.45) is 6.01. The van der Waals surface area contributed by atoms with Crippen LogP contribution in [-0.2, 0) is 27.2 Å². The highest BCUT2D eigenvalue weighted by Crippen LogP contribution is 2.39. The maximum absolute atomic E-state index is 14.2. The van der Waals surface area contributed by atoms with Crippen LogP contribution in [0.25, 0.3) is 0 Å². The Morgan fingerprint density at radius 2 is 1.62 bits per heavy atom. The number of amides is 1. The number of aliphatic imine (C=N–C) groups is 1. The molecule has 0 aromatic heterocycles. The first-order chi connectivity index (χ1) is 20.2. The molecular weight excluding hydrogens is 530 g/mol. The summed E-state index contributed by atoms with van der Waals surface area (Å²) in [5.41, 5.74) is 15.9. The van der Waals surface area contributed by atoms with Gasteiger partial charge in [0.2, 0.25) is 5.91 Å². The molecule has 9 nitrogen and oxygen atoms in total. The first-order valence-corrected chi connectivity index (χ1v) is 15.2. The number of carbonyl (C=O) groups is 3. The molecule has 2 heterocycles. The van der Waals surface area contributed by atoms with Crippen LogP contribution in [0.1, 0.15) is 78.5 Å². The van der Waals surface area contributed by atoms with Crippen molar-refractivity contribution in [3.8, 4) is 0 Å². The van der Waals surface area contributed by atoms with E-state index in [0.717, 1.165) is 55.6 Å². The van der Waals surface area contributed by atoms with E-state index in [-0.39, 0.29) is 47.9 Å². The van der Waals surface area contributed by atoms with E-state index >= 15 is 0 Å². The predicted octanol–water partition coefficient (Wildman–Crippen LogP) is 3.57. The van der Waals surface area contributed by atoms with Crippen LogP contribution in [-0.4, -0.2) is 67.2 Å². The molecule has 1 atom stereocenters. The van der Waals surface area contributed by atoms with E-state index in [1.807, 2.05) is 29.2 Å². The number of fused-ring (bicyclic) bond motifs is 1. The van der Waals surface area contributed by atoms with Crippen molar-refractivity contribution in [1.29, 1.82) is 0 Å². The molecule has 2 aliphatic heterocycles. The maximum Gasteiger partial charge on any atom is 0.226 e. The zero-order chi connectivity index (χ0) is 29.8. The van der Waals surface area contributed by atoms with Gasteiger partial charge in [0.15, 0.2) is 17.5 Å². The number of nitrogens with zero attached hydrogens (tertiary/aromatic N) is 3. The number of piperidine rings is 1. The highest BCUT2D eigenvalue weighted by atomic mass is 16.5. The number of carbonyl (C=O) groups excluding carboxylic acids is 3. The van der Waals surface area contributed by atoms with Crippen molar-refractivity contribution in [3.63, 3.8) is 0 Å². The van der Waals surface area contributed by atoms with E-state index in [2.05, 4.69) is 16.0 Å². The first-order valence-electron chi connectivity index (χ1n) is 15.2. The smallest absolute Gasteiger partial charge is 0.226 e. The van der Waals surface area contributed by atoms with Gasteiger partial charge in [-0.25, -0.2) is 0 Å². The van der Waals surface area contributed by atoms with Crippen LogP contribution in [0.5, 0.6) is 0 Å². The molecule has 2 aromatic rings. The number of methoxy groups -OCH3 is 1. The van der Waals surface area contributed by atoms with E-state index in [4.69, 9.17) is 16.2 Å². The Labute approximate surface area is 248 Å². The molecule has 1 amide bonds. The zero-order valence-electron chi connectivity index (χ0n) is 24.8. The van der Waals surface area contributed by atoms with E-state index < -0.39 is 6.04 Å². The van der Waals surface area contributed by atoms with Gasteiger partial charge in [0.05, 0.1) is 12.1 Å². The van der Waals surface area contributed by atoms with Gasteiger partial charge in [-0.3, -0.25) is 19.4 Å². The van der Waals surface area contributed by atoms with Crippen LogP contribution in [0.3, 0.4) is 0 Å². The normalized spacial score (nSPS) is 22.8. The Morgan fingerprint density at radius 3 is 2.24 bits per heavy atom. The van der Waals surface area contributed by atoms with Crippen molar-refractivity contribution in [2.24, 2.45) is 22.4 Å². The lowest BCUT2D eigenvalue weighted by Crippen LogP contribution is -2.47. The van der Waals surface area contributed by atoms with Crippen molar-refractivity contribution in [3.05, 3.63) is 64.7 Å². The molecule has 1 unspecified atom stereocenters. The number of ether oxygens (including phenoxy) is 1. The number of ketones is 2. The fourth-order valence-electron chi connectivity index (χ4n) is 6.92. The second kappa shape index (κ2) is 13.1. The van der Waals surface area contributed by atoms with Gasteiger partial charge in [-0.1, -0.05) is 36.4 Å². The summed E-state index contributed by atoms with van der Waals surface area (Å²) in [6, 6.07) is 12.8. The molecule has 4 N–H and O–H groups in total. The third-order valence-electron chi connectivity index (χ3n) is 9.22. The minimum atomic E-state index is -0.652. The standard InChI is InChI=1S/C33H43N5O4/c1-21(39)23-8-6-22(7-9-23)20-30(40)31-28-4-3-5-29(37-17-14-26(42-2)15-18-37)27(28)16-19-38(31)32(41)24-10-12-25(13-11-24)36-33(34)35/h3-9,24-26,31H,10-20H2,1-2H3,(H4,34,35,36). The number of anilines is 1. The SMILES string of the molecule is COC1CCN(c2cccc3c2CCN(C(=O)C2CCC(N=C(N)N)CC2)C3C(=O)Cc2ccc(C(C)=O)cc2)CC1. The number of Topliss-reactive ketones (excluding diaryl/α,β-unsaturated/α-hetero) is 2. The fourth-order valence-corrected chi connectivity index (χ4v) is 6.92. The number of benzene rings is 2. The Kier molecular flexibility index (Phi) is 9.26. The number of nitrogens with two attached hydrogens (primary N) is 2. The molecular formula is C33H43N5O4. The van der Waals surface area contributed by atoms with Gasteiger partial charge >= 0.3 is 0 Å². The monoisotopic (exact) mass is 573 g/mol. The van der Waals surface area contributed by atoms with Gasteiger partial charge in [0.1, 0.15) is 6.04 Å². The fraction of sp³-hybridized carbons (Fsp3) is 0.515. The third-order valence-corrected chi connectivity index (χ3v) is 9.22. The second-order valence-electron chi connectivity index (χ2n) is 11.9. The van der Waals surface area contributed by atoms with Crippen LogP contribution < -0.4 is 16.4 Å². The Bertz CT molecular complexity index is 1320. The summed E-state index contributed by atoms with van der Waals surface area (Å²) in [7, 11) is 1.77. The average molecular weight is 574 g/mol. The minimum Gasteiger partial charge on any atom is -0.381 e. The van der Waals surface area contributed by atoms with Crippen LogP contribution in [0.4, 0.5) is 5.69 Å². The molecule has 42 heavy (non-hydrogen) atoms. The highest BCUT2D eigenvalue weighted by Gasteiger charge is 2.40. The van der Waals surface area contributed by atoms with Gasteiger partial charge in [0, 0.05) is 50.3 Å². The van der Waals surface area contributed by atoms with E-state index in [0.29, 0.717) is 31.4 Å². The van der Waals surface area contributed by atoms with Crippen molar-refractivity contribution in [1.82, 2.24) is 4.90 Å². The molecule has 1 saturated carbocycles. The predicted molar refractivity (Wildman–Crippen MR) is 164 cm³/mol. The number of hydrogen-bond donors (Lipinski definition) is 2. The first kappa shape index (κ1) is 29.8. The number of rotatable bonds is 8. The summed E-state index contributed by atoms with van der Waals surface area (Å²) in [5, 5.41) is 0. The number of hydrogen-bond acceptors (Lipinski definition) is 6. The molecule has 1 saturated heterocycles. The van der Waals surface area contributed by atoms with Gasteiger partial charge in [-0.15, -0.1) is 0 Å². The molecule has 2 aromatic carbocycles. The topological polar surface area (TPSA) is 131 Å². The van der Waals surface area contributed by atoms with Crippen molar-refractivity contribution >= 4 is 29.1 Å². The molecule has 0 spiro atoms. The van der Waals surface area contributed by atoms with E-state index in [9.17, 15) is 14.4 Å². The van der Waals surface area contributed by atoms with Crippen LogP contribution >= 0.6 is 0 Å². The minimum absolute atomic E-state index is 0.00990. The van der Waals surface area contributed by atoms with Crippen molar-refractivity contribution < 1.29 is 19.1 Å². The lowest BCUT2D eigenvalue weighted by Gasteiger charge is -2.42.